The fraction of sp³-hybridized carbons (Fsp3) is 0.278. The van der Waals surface area contributed by atoms with E-state index in [1.165, 1.54) is 17.0 Å². The molecule has 12 heteroatoms. The molecule has 1 unspecified atom stereocenters. The summed E-state index contributed by atoms with van der Waals surface area (Å²) in [7, 11) is -4.27. The molecule has 48 heavy (non-hydrogen) atoms. The summed E-state index contributed by atoms with van der Waals surface area (Å²) in [5.41, 5.74) is 1.58. The van der Waals surface area contributed by atoms with Crippen molar-refractivity contribution in [2.75, 3.05) is 30.6 Å². The number of carbonyl (C=O) groups is 2. The van der Waals surface area contributed by atoms with Crippen molar-refractivity contribution in [1.29, 1.82) is 0 Å². The number of carbonyl (C=O) groups excluding carboxylic acids is 2. The van der Waals surface area contributed by atoms with Gasteiger partial charge in [0.1, 0.15) is 25.8 Å². The SMILES string of the molecule is CCCCNC(=O)C(Cc1ccccc1)N(Cc1ccc(Cl)cc1Cl)C(=O)CN(c1ccc2c(c1)OCCO2)S(=O)(=O)c1ccccc1. The first-order chi connectivity index (χ1) is 23.2. The number of amides is 2. The van der Waals surface area contributed by atoms with E-state index in [-0.39, 0.29) is 29.5 Å². The van der Waals surface area contributed by atoms with E-state index in [4.69, 9.17) is 32.7 Å². The second-order valence-electron chi connectivity index (χ2n) is 11.3. The van der Waals surface area contributed by atoms with E-state index in [0.29, 0.717) is 46.9 Å². The predicted molar refractivity (Wildman–Crippen MR) is 187 cm³/mol. The molecule has 0 saturated carbocycles. The average molecular weight is 711 g/mol. The molecule has 1 atom stereocenters. The van der Waals surface area contributed by atoms with Gasteiger partial charge in [-0.15, -0.1) is 0 Å². The molecule has 0 spiro atoms. The molecule has 1 aliphatic rings. The maximum absolute atomic E-state index is 14.7. The molecule has 0 aromatic heterocycles. The van der Waals surface area contributed by atoms with E-state index >= 15 is 0 Å². The molecule has 0 fully saturated rings. The normalized spacial score (nSPS) is 13.0. The summed E-state index contributed by atoms with van der Waals surface area (Å²) in [6.45, 7) is 2.41. The summed E-state index contributed by atoms with van der Waals surface area (Å²) in [6, 6.07) is 25.9. The van der Waals surface area contributed by atoms with Crippen LogP contribution in [0.3, 0.4) is 0 Å². The molecule has 9 nitrogen and oxygen atoms in total. The number of rotatable bonds is 14. The standard InChI is InChI=1S/C36H37Cl2N3O6S/c1-2-3-18-39-36(43)32(21-26-10-6-4-7-11-26)40(24-27-14-15-28(37)22-31(27)38)35(42)25-41(48(44,45)30-12-8-5-9-13-30)29-16-17-33-34(23-29)47-20-19-46-33/h4-17,22-23,32H,2-3,18-21,24-25H2,1H3,(H,39,43). The van der Waals surface area contributed by atoms with Crippen molar-refractivity contribution in [1.82, 2.24) is 10.2 Å². The number of benzene rings is 4. The number of anilines is 1. The zero-order valence-electron chi connectivity index (χ0n) is 26.5. The lowest BCUT2D eigenvalue weighted by Crippen LogP contribution is -2.53. The highest BCUT2D eigenvalue weighted by Crippen LogP contribution is 2.36. The Morgan fingerprint density at radius 2 is 1.56 bits per heavy atom. The summed E-state index contributed by atoms with van der Waals surface area (Å²) in [5, 5.41) is 3.70. The van der Waals surface area contributed by atoms with Crippen molar-refractivity contribution >= 4 is 50.7 Å². The maximum Gasteiger partial charge on any atom is 0.264 e. The van der Waals surface area contributed by atoms with Gasteiger partial charge in [0.2, 0.25) is 11.8 Å². The summed E-state index contributed by atoms with van der Waals surface area (Å²) >= 11 is 12.8. The molecular weight excluding hydrogens is 673 g/mol. The minimum absolute atomic E-state index is 0.00173. The van der Waals surface area contributed by atoms with Gasteiger partial charge in [0.05, 0.1) is 10.6 Å². The lowest BCUT2D eigenvalue weighted by molar-refractivity contribution is -0.140. The number of ether oxygens (including phenoxy) is 2. The number of nitrogens with zero attached hydrogens (tertiary/aromatic N) is 2. The van der Waals surface area contributed by atoms with Gasteiger partial charge in [0, 0.05) is 35.6 Å². The molecule has 252 valence electrons. The molecule has 1 aliphatic heterocycles. The van der Waals surface area contributed by atoms with Gasteiger partial charge in [-0.3, -0.25) is 13.9 Å². The maximum atomic E-state index is 14.7. The predicted octanol–water partition coefficient (Wildman–Crippen LogP) is 6.52. The number of hydrogen-bond donors (Lipinski definition) is 1. The van der Waals surface area contributed by atoms with Gasteiger partial charge in [-0.25, -0.2) is 8.42 Å². The summed E-state index contributed by atoms with van der Waals surface area (Å²) in [4.78, 5) is 30.0. The van der Waals surface area contributed by atoms with E-state index in [0.717, 1.165) is 22.7 Å². The second kappa shape index (κ2) is 16.2. The van der Waals surface area contributed by atoms with Gasteiger partial charge in [-0.05, 0) is 53.9 Å². The molecule has 0 radical (unpaired) electrons. The van der Waals surface area contributed by atoms with Gasteiger partial charge in [0.25, 0.3) is 10.0 Å². The largest absolute Gasteiger partial charge is 0.486 e. The van der Waals surface area contributed by atoms with E-state index in [2.05, 4.69) is 5.32 Å². The number of halogens is 2. The monoisotopic (exact) mass is 709 g/mol. The number of unbranched alkanes of at least 4 members (excludes halogenated alkanes) is 1. The zero-order valence-corrected chi connectivity index (χ0v) is 28.8. The lowest BCUT2D eigenvalue weighted by Gasteiger charge is -2.34. The highest BCUT2D eigenvalue weighted by atomic mass is 35.5. The van der Waals surface area contributed by atoms with E-state index in [1.54, 1.807) is 54.6 Å². The zero-order chi connectivity index (χ0) is 34.1. The highest BCUT2D eigenvalue weighted by Gasteiger charge is 2.35. The first-order valence-corrected chi connectivity index (χ1v) is 17.9. The topological polar surface area (TPSA) is 105 Å². The van der Waals surface area contributed by atoms with Crippen LogP contribution in [-0.2, 0) is 32.6 Å². The Hall–Kier alpha value is -4.25. The number of fused-ring (bicyclic) bond motifs is 1. The first kappa shape index (κ1) is 35.1. The van der Waals surface area contributed by atoms with Gasteiger partial charge in [-0.2, -0.15) is 0 Å². The minimum atomic E-state index is -4.27. The molecule has 2 amide bonds. The summed E-state index contributed by atoms with van der Waals surface area (Å²) in [6.07, 6.45) is 1.81. The second-order valence-corrected chi connectivity index (χ2v) is 14.0. The Balaban J connectivity index is 1.59. The number of sulfonamides is 1. The summed E-state index contributed by atoms with van der Waals surface area (Å²) in [5.74, 6) is -0.134. The molecule has 0 aliphatic carbocycles. The van der Waals surface area contributed by atoms with Crippen LogP contribution >= 0.6 is 23.2 Å². The highest BCUT2D eigenvalue weighted by molar-refractivity contribution is 7.92. The summed E-state index contributed by atoms with van der Waals surface area (Å²) < 4.78 is 40.9. The fourth-order valence-electron chi connectivity index (χ4n) is 5.33. The average Bonchev–Trinajstić information content (AvgIpc) is 3.10. The Bertz CT molecular complexity index is 1830. The molecule has 5 rings (SSSR count). The van der Waals surface area contributed by atoms with Crippen molar-refractivity contribution in [3.05, 3.63) is 118 Å². The van der Waals surface area contributed by atoms with Gasteiger partial charge < -0.3 is 19.7 Å². The van der Waals surface area contributed by atoms with Crippen LogP contribution in [0.2, 0.25) is 10.0 Å². The van der Waals surface area contributed by atoms with Crippen LogP contribution in [-0.4, -0.2) is 57.5 Å². The fourth-order valence-corrected chi connectivity index (χ4v) is 7.22. The van der Waals surface area contributed by atoms with Crippen LogP contribution < -0.4 is 19.1 Å². The lowest BCUT2D eigenvalue weighted by atomic mass is 10.0. The van der Waals surface area contributed by atoms with Crippen LogP contribution in [0.5, 0.6) is 11.5 Å². The van der Waals surface area contributed by atoms with Gasteiger partial charge in [0.15, 0.2) is 11.5 Å². The molecule has 0 saturated heterocycles. The molecular formula is C36H37Cl2N3O6S. The van der Waals surface area contributed by atoms with Crippen molar-refractivity contribution in [3.8, 4) is 11.5 Å². The Morgan fingerprint density at radius 3 is 2.25 bits per heavy atom. The van der Waals surface area contributed by atoms with Crippen molar-refractivity contribution in [2.45, 2.75) is 43.7 Å². The van der Waals surface area contributed by atoms with Crippen LogP contribution in [0, 0.1) is 0 Å². The molecule has 4 aromatic rings. The van der Waals surface area contributed by atoms with Crippen molar-refractivity contribution < 1.29 is 27.5 Å². The number of hydrogen-bond acceptors (Lipinski definition) is 6. The van der Waals surface area contributed by atoms with Crippen molar-refractivity contribution in [2.24, 2.45) is 0 Å². The molecule has 0 bridgehead atoms. The first-order valence-electron chi connectivity index (χ1n) is 15.7. The van der Waals surface area contributed by atoms with Crippen LogP contribution in [0.25, 0.3) is 0 Å². The van der Waals surface area contributed by atoms with E-state index in [1.807, 2.05) is 37.3 Å². The molecule has 4 aromatic carbocycles. The minimum Gasteiger partial charge on any atom is -0.486 e. The Labute approximate surface area is 291 Å². The van der Waals surface area contributed by atoms with Crippen molar-refractivity contribution in [3.63, 3.8) is 0 Å². The molecule has 1 N–H and O–H groups in total. The van der Waals surface area contributed by atoms with Crippen LogP contribution in [0.15, 0.2) is 102 Å². The Kier molecular flexibility index (Phi) is 11.9. The van der Waals surface area contributed by atoms with Gasteiger partial charge in [-0.1, -0.05) is 91.1 Å². The van der Waals surface area contributed by atoms with Gasteiger partial charge >= 0.3 is 0 Å². The smallest absolute Gasteiger partial charge is 0.264 e. The van der Waals surface area contributed by atoms with E-state index in [9.17, 15) is 18.0 Å². The van der Waals surface area contributed by atoms with Crippen LogP contribution in [0.4, 0.5) is 5.69 Å². The van der Waals surface area contributed by atoms with Crippen LogP contribution in [0.1, 0.15) is 30.9 Å². The number of nitrogens with one attached hydrogen (secondary N) is 1. The van der Waals surface area contributed by atoms with E-state index < -0.39 is 28.5 Å². The Morgan fingerprint density at radius 1 is 0.875 bits per heavy atom. The third-order valence-electron chi connectivity index (χ3n) is 7.88. The third-order valence-corrected chi connectivity index (χ3v) is 10.3. The third kappa shape index (κ3) is 8.61. The quantitative estimate of drug-likeness (QED) is 0.150. The molecule has 1 heterocycles.